The molecule has 0 atom stereocenters. The highest BCUT2D eigenvalue weighted by atomic mass is 79.9. The molecule has 0 radical (unpaired) electrons. The Morgan fingerprint density at radius 3 is 2.79 bits per heavy atom. The normalized spacial score (nSPS) is 10.5. The van der Waals surface area contributed by atoms with Crippen molar-refractivity contribution in [1.82, 2.24) is 4.98 Å². The monoisotopic (exact) mass is 250 g/mol. The lowest BCUT2D eigenvalue weighted by Crippen LogP contribution is -1.93. The topological polar surface area (TPSA) is 24.9 Å². The van der Waals surface area contributed by atoms with Crippen LogP contribution in [0.15, 0.2) is 28.7 Å². The van der Waals surface area contributed by atoms with Gasteiger partial charge >= 0.3 is 0 Å². The third kappa shape index (κ3) is 1.60. The maximum absolute atomic E-state index is 4.46. The fourth-order valence-corrected chi connectivity index (χ4v) is 1.90. The molecule has 0 fully saturated rings. The predicted molar refractivity (Wildman–Crippen MR) is 63.7 cm³/mol. The van der Waals surface area contributed by atoms with E-state index in [1.165, 1.54) is 0 Å². The molecule has 0 unspecified atom stereocenters. The summed E-state index contributed by atoms with van der Waals surface area (Å²) in [6, 6.07) is 8.16. The molecule has 0 saturated carbocycles. The van der Waals surface area contributed by atoms with Crippen molar-refractivity contribution in [3.05, 3.63) is 34.4 Å². The van der Waals surface area contributed by atoms with Crippen molar-refractivity contribution >= 4 is 32.5 Å². The minimum Gasteiger partial charge on any atom is -0.388 e. The van der Waals surface area contributed by atoms with E-state index >= 15 is 0 Å². The van der Waals surface area contributed by atoms with Crippen LogP contribution in [0.2, 0.25) is 0 Å². The number of rotatable bonds is 1. The molecule has 0 aliphatic rings. The second-order valence-electron chi connectivity index (χ2n) is 3.22. The van der Waals surface area contributed by atoms with Gasteiger partial charge in [-0.05, 0) is 31.2 Å². The van der Waals surface area contributed by atoms with Crippen LogP contribution in [0.3, 0.4) is 0 Å². The molecule has 2 rings (SSSR count). The van der Waals surface area contributed by atoms with Crippen molar-refractivity contribution < 1.29 is 0 Å². The Kier molecular flexibility index (Phi) is 2.42. The summed E-state index contributed by atoms with van der Waals surface area (Å²) in [7, 11) is 1.93. The highest BCUT2D eigenvalue weighted by molar-refractivity contribution is 9.10. The molecule has 72 valence electrons. The Morgan fingerprint density at radius 2 is 2.07 bits per heavy atom. The molecule has 0 saturated heterocycles. The Labute approximate surface area is 91.5 Å². The number of anilines is 1. The van der Waals surface area contributed by atoms with E-state index in [0.29, 0.717) is 0 Å². The average molecular weight is 251 g/mol. The van der Waals surface area contributed by atoms with Crippen molar-refractivity contribution in [2.45, 2.75) is 6.92 Å². The molecule has 0 aliphatic carbocycles. The van der Waals surface area contributed by atoms with Gasteiger partial charge in [0.05, 0.1) is 5.52 Å². The van der Waals surface area contributed by atoms with Gasteiger partial charge in [0, 0.05) is 28.3 Å². The molecule has 1 heterocycles. The van der Waals surface area contributed by atoms with Crippen molar-refractivity contribution in [1.29, 1.82) is 0 Å². The second kappa shape index (κ2) is 3.58. The number of pyridine rings is 1. The van der Waals surface area contributed by atoms with E-state index in [1.807, 2.05) is 26.1 Å². The number of hydrogen-bond acceptors (Lipinski definition) is 2. The SMILES string of the molecule is CNc1cc(C)nc2ccc(Br)cc12. The molecule has 0 spiro atoms. The van der Waals surface area contributed by atoms with Crippen LogP contribution in [0, 0.1) is 6.92 Å². The molecule has 0 bridgehead atoms. The zero-order valence-electron chi connectivity index (χ0n) is 8.13. The van der Waals surface area contributed by atoms with E-state index in [2.05, 4.69) is 38.4 Å². The van der Waals surface area contributed by atoms with E-state index in [1.54, 1.807) is 0 Å². The second-order valence-corrected chi connectivity index (χ2v) is 4.14. The third-order valence-electron chi connectivity index (χ3n) is 2.17. The molecule has 1 N–H and O–H groups in total. The van der Waals surface area contributed by atoms with Crippen molar-refractivity contribution in [2.24, 2.45) is 0 Å². The lowest BCUT2D eigenvalue weighted by Gasteiger charge is -2.07. The molecule has 2 nitrogen and oxygen atoms in total. The summed E-state index contributed by atoms with van der Waals surface area (Å²) in [5.41, 5.74) is 3.18. The van der Waals surface area contributed by atoms with Crippen LogP contribution in [0.1, 0.15) is 5.69 Å². The van der Waals surface area contributed by atoms with E-state index < -0.39 is 0 Å². The summed E-state index contributed by atoms with van der Waals surface area (Å²) >= 11 is 3.46. The van der Waals surface area contributed by atoms with Crippen molar-refractivity contribution in [3.8, 4) is 0 Å². The molecule has 1 aromatic carbocycles. The minimum absolute atomic E-state index is 1.03. The van der Waals surface area contributed by atoms with E-state index in [-0.39, 0.29) is 0 Å². The van der Waals surface area contributed by atoms with Gasteiger partial charge in [-0.25, -0.2) is 0 Å². The van der Waals surface area contributed by atoms with E-state index in [0.717, 1.165) is 26.8 Å². The van der Waals surface area contributed by atoms with Crippen LogP contribution in [0.25, 0.3) is 10.9 Å². The number of nitrogens with zero attached hydrogens (tertiary/aromatic N) is 1. The summed E-state index contributed by atoms with van der Waals surface area (Å²) in [4.78, 5) is 4.46. The highest BCUT2D eigenvalue weighted by Gasteiger charge is 2.02. The summed E-state index contributed by atoms with van der Waals surface area (Å²) < 4.78 is 1.08. The number of benzene rings is 1. The van der Waals surface area contributed by atoms with Crippen LogP contribution in [-0.2, 0) is 0 Å². The standard InChI is InChI=1S/C11H11BrN2/c1-7-5-11(13-2)9-6-8(12)3-4-10(9)14-7/h3-6H,1-2H3,(H,13,14). The Hall–Kier alpha value is -1.09. The first kappa shape index (κ1) is 9.46. The number of aryl methyl sites for hydroxylation is 1. The van der Waals surface area contributed by atoms with E-state index in [4.69, 9.17) is 0 Å². The van der Waals surface area contributed by atoms with E-state index in [9.17, 15) is 0 Å². The summed E-state index contributed by atoms with van der Waals surface area (Å²) in [5.74, 6) is 0. The Balaban J connectivity index is 2.81. The largest absolute Gasteiger partial charge is 0.388 e. The minimum atomic E-state index is 1.03. The number of halogens is 1. The van der Waals surface area contributed by atoms with Crippen LogP contribution in [-0.4, -0.2) is 12.0 Å². The lowest BCUT2D eigenvalue weighted by atomic mass is 10.1. The number of fused-ring (bicyclic) bond motifs is 1. The number of nitrogens with one attached hydrogen (secondary N) is 1. The zero-order valence-corrected chi connectivity index (χ0v) is 9.72. The van der Waals surface area contributed by atoms with Gasteiger partial charge in [0.1, 0.15) is 0 Å². The zero-order chi connectivity index (χ0) is 10.1. The van der Waals surface area contributed by atoms with Gasteiger partial charge in [-0.3, -0.25) is 4.98 Å². The van der Waals surface area contributed by atoms with Gasteiger partial charge in [-0.15, -0.1) is 0 Å². The quantitative estimate of drug-likeness (QED) is 0.840. The molecule has 2 aromatic rings. The summed E-state index contributed by atoms with van der Waals surface area (Å²) in [6.07, 6.45) is 0. The van der Waals surface area contributed by atoms with Crippen LogP contribution in [0.4, 0.5) is 5.69 Å². The van der Waals surface area contributed by atoms with Crippen LogP contribution >= 0.6 is 15.9 Å². The van der Waals surface area contributed by atoms with Gasteiger partial charge in [0.2, 0.25) is 0 Å². The first-order chi connectivity index (χ1) is 6.70. The molecular formula is C11H11BrN2. The van der Waals surface area contributed by atoms with Crippen LogP contribution in [0.5, 0.6) is 0 Å². The molecule has 0 amide bonds. The molecule has 0 aliphatic heterocycles. The van der Waals surface area contributed by atoms with Gasteiger partial charge in [-0.2, -0.15) is 0 Å². The van der Waals surface area contributed by atoms with Crippen molar-refractivity contribution in [2.75, 3.05) is 12.4 Å². The maximum atomic E-state index is 4.46. The highest BCUT2D eigenvalue weighted by Crippen LogP contribution is 2.25. The first-order valence-electron chi connectivity index (χ1n) is 4.45. The molecule has 3 heteroatoms. The average Bonchev–Trinajstić information content (AvgIpc) is 2.17. The lowest BCUT2D eigenvalue weighted by molar-refractivity contribution is 1.25. The predicted octanol–water partition coefficient (Wildman–Crippen LogP) is 3.35. The Morgan fingerprint density at radius 1 is 1.29 bits per heavy atom. The maximum Gasteiger partial charge on any atom is 0.0726 e. The Bertz CT molecular complexity index is 480. The fourth-order valence-electron chi connectivity index (χ4n) is 1.54. The van der Waals surface area contributed by atoms with Crippen LogP contribution < -0.4 is 5.32 Å². The summed E-state index contributed by atoms with van der Waals surface area (Å²) in [5, 5.41) is 4.32. The van der Waals surface area contributed by atoms with Crippen molar-refractivity contribution in [3.63, 3.8) is 0 Å². The van der Waals surface area contributed by atoms with Gasteiger partial charge in [-0.1, -0.05) is 15.9 Å². The van der Waals surface area contributed by atoms with Gasteiger partial charge in [0.15, 0.2) is 0 Å². The number of aromatic nitrogens is 1. The molecule has 14 heavy (non-hydrogen) atoms. The van der Waals surface area contributed by atoms with Gasteiger partial charge in [0.25, 0.3) is 0 Å². The summed E-state index contributed by atoms with van der Waals surface area (Å²) in [6.45, 7) is 2.00. The van der Waals surface area contributed by atoms with Gasteiger partial charge < -0.3 is 5.32 Å². The smallest absolute Gasteiger partial charge is 0.0726 e. The fraction of sp³-hybridized carbons (Fsp3) is 0.182. The molecule has 1 aromatic heterocycles. The first-order valence-corrected chi connectivity index (χ1v) is 5.24. The molecular weight excluding hydrogens is 240 g/mol. The third-order valence-corrected chi connectivity index (χ3v) is 2.66. The number of hydrogen-bond donors (Lipinski definition) is 1.